The Labute approximate surface area is 234 Å². The molecule has 0 amide bonds. The van der Waals surface area contributed by atoms with E-state index in [1.165, 1.54) is 87.2 Å². The first kappa shape index (κ1) is 23.0. The van der Waals surface area contributed by atoms with E-state index in [-0.39, 0.29) is 0 Å². The molecule has 8 aromatic rings. The van der Waals surface area contributed by atoms with Crippen molar-refractivity contribution in [1.29, 1.82) is 0 Å². The lowest BCUT2D eigenvalue weighted by atomic mass is 9.85. The maximum absolute atomic E-state index is 2.42. The van der Waals surface area contributed by atoms with Crippen molar-refractivity contribution in [2.24, 2.45) is 0 Å². The van der Waals surface area contributed by atoms with Crippen LogP contribution in [0.15, 0.2) is 133 Å². The molecule has 188 valence electrons. The third-order valence-corrected chi connectivity index (χ3v) is 8.50. The van der Waals surface area contributed by atoms with Crippen LogP contribution in [0.4, 0.5) is 0 Å². The van der Waals surface area contributed by atoms with Gasteiger partial charge < -0.3 is 0 Å². The van der Waals surface area contributed by atoms with E-state index in [0.29, 0.717) is 0 Å². The molecule has 0 saturated carbocycles. The van der Waals surface area contributed by atoms with Crippen LogP contribution in [0.25, 0.3) is 76.1 Å². The Balaban J connectivity index is 1.61. The highest BCUT2D eigenvalue weighted by atomic mass is 14.2. The third kappa shape index (κ3) is 3.46. The van der Waals surface area contributed by atoms with Crippen molar-refractivity contribution in [3.63, 3.8) is 0 Å². The lowest BCUT2D eigenvalue weighted by molar-refractivity contribution is 1.47. The topological polar surface area (TPSA) is 0 Å². The van der Waals surface area contributed by atoms with E-state index < -0.39 is 0 Å². The lowest BCUT2D eigenvalue weighted by Gasteiger charge is -2.18. The molecule has 0 nitrogen and oxygen atoms in total. The van der Waals surface area contributed by atoms with Gasteiger partial charge in [0.1, 0.15) is 0 Å². The first-order valence-electron chi connectivity index (χ1n) is 14.0. The first-order valence-corrected chi connectivity index (χ1v) is 14.0. The molecule has 0 fully saturated rings. The van der Waals surface area contributed by atoms with Gasteiger partial charge in [-0.05, 0) is 102 Å². The summed E-state index contributed by atoms with van der Waals surface area (Å²) >= 11 is 0. The van der Waals surface area contributed by atoms with Crippen LogP contribution < -0.4 is 0 Å². The number of rotatable bonds is 2. The molecule has 0 aliphatic heterocycles. The highest BCUT2D eigenvalue weighted by Crippen LogP contribution is 2.45. The average molecular weight is 509 g/mol. The van der Waals surface area contributed by atoms with Gasteiger partial charge in [0.25, 0.3) is 0 Å². The van der Waals surface area contributed by atoms with Gasteiger partial charge in [-0.3, -0.25) is 0 Å². The average Bonchev–Trinajstić information content (AvgIpc) is 3.00. The van der Waals surface area contributed by atoms with Crippen molar-refractivity contribution in [1.82, 2.24) is 0 Å². The minimum atomic E-state index is 1.26. The summed E-state index contributed by atoms with van der Waals surface area (Å²) in [4.78, 5) is 0. The largest absolute Gasteiger partial charge is 0.0616 e. The van der Waals surface area contributed by atoms with Crippen LogP contribution in [0.5, 0.6) is 0 Å². The molecule has 0 atom stereocenters. The van der Waals surface area contributed by atoms with Gasteiger partial charge in [-0.25, -0.2) is 0 Å². The van der Waals surface area contributed by atoms with Crippen LogP contribution in [-0.2, 0) is 0 Å². The van der Waals surface area contributed by atoms with Crippen LogP contribution in [-0.4, -0.2) is 0 Å². The summed E-state index contributed by atoms with van der Waals surface area (Å²) in [6, 6.07) is 49.6. The Morgan fingerprint density at radius 3 is 1.07 bits per heavy atom. The molecule has 0 aliphatic carbocycles. The molecule has 0 radical (unpaired) electrons. The predicted octanol–water partition coefficient (Wildman–Crippen LogP) is 11.4. The molecule has 40 heavy (non-hydrogen) atoms. The van der Waals surface area contributed by atoms with E-state index in [2.05, 4.69) is 147 Å². The van der Waals surface area contributed by atoms with Crippen LogP contribution in [0.1, 0.15) is 11.1 Å². The van der Waals surface area contributed by atoms with Crippen LogP contribution in [0, 0.1) is 13.8 Å². The van der Waals surface area contributed by atoms with Gasteiger partial charge in [-0.2, -0.15) is 0 Å². The second-order valence-electron chi connectivity index (χ2n) is 11.1. The van der Waals surface area contributed by atoms with Gasteiger partial charge in [-0.15, -0.1) is 0 Å². The summed E-state index contributed by atoms with van der Waals surface area (Å²) < 4.78 is 0. The number of benzene rings is 8. The zero-order chi connectivity index (χ0) is 26.8. The zero-order valence-electron chi connectivity index (χ0n) is 22.7. The molecule has 0 bridgehead atoms. The standard InChI is InChI=1S/C40H28/c1-25-9-7-11-27(21-25)29-17-19-33-34-20-18-30(28-12-8-10-26(2)22-28)24-38(34)40-36-16-6-4-14-32(36)31-13-3-5-15-35(31)39(40)37(33)23-29/h3-24H,1-2H3. The van der Waals surface area contributed by atoms with Crippen LogP contribution >= 0.6 is 0 Å². The van der Waals surface area contributed by atoms with E-state index >= 15 is 0 Å². The van der Waals surface area contributed by atoms with E-state index in [4.69, 9.17) is 0 Å². The molecular formula is C40H28. The minimum Gasteiger partial charge on any atom is -0.0616 e. The van der Waals surface area contributed by atoms with Gasteiger partial charge in [-0.1, -0.05) is 132 Å². The molecule has 0 heteroatoms. The second kappa shape index (κ2) is 8.79. The smallest absolute Gasteiger partial charge is 0.00137 e. The van der Waals surface area contributed by atoms with Gasteiger partial charge in [0, 0.05) is 0 Å². The van der Waals surface area contributed by atoms with Crippen molar-refractivity contribution < 1.29 is 0 Å². The molecule has 0 aromatic heterocycles. The normalized spacial score (nSPS) is 11.8. The molecule has 8 aromatic carbocycles. The van der Waals surface area contributed by atoms with Crippen molar-refractivity contribution in [2.45, 2.75) is 13.8 Å². The zero-order valence-corrected chi connectivity index (χ0v) is 22.7. The van der Waals surface area contributed by atoms with Gasteiger partial charge in [0.15, 0.2) is 0 Å². The highest BCUT2D eigenvalue weighted by molar-refractivity contribution is 6.39. The van der Waals surface area contributed by atoms with Crippen LogP contribution in [0.3, 0.4) is 0 Å². The summed E-state index contributed by atoms with van der Waals surface area (Å²) in [6.45, 7) is 4.33. The second-order valence-corrected chi connectivity index (χ2v) is 11.1. The Kier molecular flexibility index (Phi) is 5.06. The molecule has 0 saturated heterocycles. The molecule has 0 heterocycles. The fourth-order valence-electron chi connectivity index (χ4n) is 6.68. The minimum absolute atomic E-state index is 1.26. The Bertz CT molecular complexity index is 2120. The highest BCUT2D eigenvalue weighted by Gasteiger charge is 2.17. The SMILES string of the molecule is Cc1cccc(-c2ccc3c4ccc(-c5cccc(C)c5)cc4c4c5ccccc5c5ccccc5c4c3c2)c1. The monoisotopic (exact) mass is 508 g/mol. The van der Waals surface area contributed by atoms with Crippen molar-refractivity contribution >= 4 is 53.9 Å². The van der Waals surface area contributed by atoms with E-state index in [0.717, 1.165) is 0 Å². The summed E-state index contributed by atoms with van der Waals surface area (Å²) in [6.07, 6.45) is 0. The lowest BCUT2D eigenvalue weighted by Crippen LogP contribution is -1.90. The Morgan fingerprint density at radius 2 is 0.650 bits per heavy atom. The molecule has 0 unspecified atom stereocenters. The maximum Gasteiger partial charge on any atom is -0.00137 e. The van der Waals surface area contributed by atoms with E-state index in [9.17, 15) is 0 Å². The number of hydrogen-bond acceptors (Lipinski definition) is 0. The molecule has 8 rings (SSSR count). The van der Waals surface area contributed by atoms with Gasteiger partial charge in [0.2, 0.25) is 0 Å². The van der Waals surface area contributed by atoms with Crippen molar-refractivity contribution in [3.8, 4) is 22.3 Å². The van der Waals surface area contributed by atoms with Gasteiger partial charge in [0.05, 0.1) is 0 Å². The summed E-state index contributed by atoms with van der Waals surface area (Å²) in [5.74, 6) is 0. The maximum atomic E-state index is 2.42. The summed E-state index contributed by atoms with van der Waals surface area (Å²) in [5, 5.41) is 13.1. The van der Waals surface area contributed by atoms with Crippen molar-refractivity contribution in [3.05, 3.63) is 145 Å². The third-order valence-electron chi connectivity index (χ3n) is 8.50. The Morgan fingerprint density at radius 1 is 0.275 bits per heavy atom. The molecule has 0 aliphatic rings. The fraction of sp³-hybridized carbons (Fsp3) is 0.0500. The fourth-order valence-corrected chi connectivity index (χ4v) is 6.68. The van der Waals surface area contributed by atoms with Gasteiger partial charge >= 0.3 is 0 Å². The van der Waals surface area contributed by atoms with Crippen LogP contribution in [0.2, 0.25) is 0 Å². The number of fused-ring (bicyclic) bond motifs is 11. The number of aryl methyl sites for hydroxylation is 2. The predicted molar refractivity (Wildman–Crippen MR) is 174 cm³/mol. The summed E-state index contributed by atoms with van der Waals surface area (Å²) in [7, 11) is 0. The molecule has 0 N–H and O–H groups in total. The molecular weight excluding hydrogens is 480 g/mol. The van der Waals surface area contributed by atoms with E-state index in [1.54, 1.807) is 0 Å². The number of hydrogen-bond donors (Lipinski definition) is 0. The first-order chi connectivity index (χ1) is 19.7. The van der Waals surface area contributed by atoms with Crippen molar-refractivity contribution in [2.75, 3.05) is 0 Å². The quantitative estimate of drug-likeness (QED) is 0.204. The molecule has 0 spiro atoms. The van der Waals surface area contributed by atoms with E-state index in [1.807, 2.05) is 0 Å². The summed E-state index contributed by atoms with van der Waals surface area (Å²) in [5.41, 5.74) is 7.59. The Hall–Kier alpha value is -4.94.